The van der Waals surface area contributed by atoms with Crippen LogP contribution in [0.15, 0.2) is 48.8 Å². The fourth-order valence-corrected chi connectivity index (χ4v) is 4.51. The van der Waals surface area contributed by atoms with Crippen LogP contribution in [-0.4, -0.2) is 53.2 Å². The molecule has 1 aromatic carbocycles. The summed E-state index contributed by atoms with van der Waals surface area (Å²) in [6.07, 6.45) is 9.80. The fourth-order valence-electron chi connectivity index (χ4n) is 4.51. The molecule has 0 radical (unpaired) electrons. The van der Waals surface area contributed by atoms with Gasteiger partial charge in [-0.15, -0.1) is 0 Å². The Morgan fingerprint density at radius 1 is 1.17 bits per heavy atom. The van der Waals surface area contributed by atoms with E-state index in [-0.39, 0.29) is 0 Å². The zero-order valence-corrected chi connectivity index (χ0v) is 17.5. The molecule has 1 aromatic heterocycles. The Hall–Kier alpha value is -2.28. The lowest BCUT2D eigenvalue weighted by molar-refractivity contribution is 0.0706. The number of nitrogens with zero attached hydrogens (tertiary/aromatic N) is 2. The van der Waals surface area contributed by atoms with Gasteiger partial charge in [0.05, 0.1) is 0 Å². The monoisotopic (exact) mass is 408 g/mol. The van der Waals surface area contributed by atoms with E-state index in [0.29, 0.717) is 17.5 Å². The number of carbonyl (C=O) groups excluding carboxylic acids is 1. The van der Waals surface area contributed by atoms with Crippen LogP contribution in [0.5, 0.6) is 0 Å². The average molecular weight is 409 g/mol. The molecule has 0 bridgehead atoms. The van der Waals surface area contributed by atoms with Crippen molar-refractivity contribution in [3.05, 3.63) is 65.5 Å². The Morgan fingerprint density at radius 3 is 2.67 bits per heavy atom. The van der Waals surface area contributed by atoms with Crippen molar-refractivity contribution in [1.29, 1.82) is 0 Å². The van der Waals surface area contributed by atoms with Crippen molar-refractivity contribution in [3.63, 3.8) is 0 Å². The van der Waals surface area contributed by atoms with Crippen LogP contribution in [0, 0.1) is 5.92 Å². The van der Waals surface area contributed by atoms with Gasteiger partial charge in [0.1, 0.15) is 0 Å². The lowest BCUT2D eigenvalue weighted by atomic mass is 9.96. The molecule has 6 heteroatoms. The Labute approximate surface area is 178 Å². The lowest BCUT2D eigenvalue weighted by Crippen LogP contribution is -2.38. The first kappa shape index (κ1) is 21.0. The molecule has 2 unspecified atom stereocenters. The van der Waals surface area contributed by atoms with Gasteiger partial charge in [0.2, 0.25) is 0 Å². The first-order chi connectivity index (χ1) is 14.7. The number of carbonyl (C=O) groups is 1. The molecule has 0 spiro atoms. The van der Waals surface area contributed by atoms with Gasteiger partial charge >= 0.3 is 0 Å². The van der Waals surface area contributed by atoms with Gasteiger partial charge in [0.15, 0.2) is 0 Å². The third kappa shape index (κ3) is 5.65. The Morgan fingerprint density at radius 2 is 1.97 bits per heavy atom. The summed E-state index contributed by atoms with van der Waals surface area (Å²) < 4.78 is 0. The van der Waals surface area contributed by atoms with E-state index in [1.807, 2.05) is 30.6 Å². The predicted octanol–water partition coefficient (Wildman–Crippen LogP) is 2.99. The summed E-state index contributed by atoms with van der Waals surface area (Å²) in [4.78, 5) is 18.2. The molecular formula is C24H32N4O2. The first-order valence-corrected chi connectivity index (χ1v) is 11.1. The van der Waals surface area contributed by atoms with E-state index in [2.05, 4.69) is 21.3 Å². The third-order valence-electron chi connectivity index (χ3n) is 6.54. The minimum atomic E-state index is -0.465. The zero-order chi connectivity index (χ0) is 20.8. The van der Waals surface area contributed by atoms with E-state index in [1.54, 1.807) is 17.6 Å². The minimum absolute atomic E-state index is 0.465. The first-order valence-electron chi connectivity index (χ1n) is 11.1. The molecule has 2 heterocycles. The second-order valence-corrected chi connectivity index (χ2v) is 8.67. The predicted molar refractivity (Wildman–Crippen MR) is 117 cm³/mol. The molecule has 1 aliphatic heterocycles. The number of rotatable bonds is 9. The topological polar surface area (TPSA) is 77.5 Å². The standard InChI is InChI=1S/C24H32N4O2/c29-24(27-30)20-7-5-18(6-8-20)3-2-12-28-13-9-19(10-14-28)16-26-23-15-22(23)21-4-1-11-25-17-21/h1,4-8,11,17,19,22-23,26,30H,2-3,9-10,12-16H2,(H,27,29). The van der Waals surface area contributed by atoms with Gasteiger partial charge < -0.3 is 10.2 Å². The largest absolute Gasteiger partial charge is 0.313 e. The summed E-state index contributed by atoms with van der Waals surface area (Å²) in [5.74, 6) is 0.987. The maximum atomic E-state index is 11.4. The summed E-state index contributed by atoms with van der Waals surface area (Å²) in [7, 11) is 0. The number of nitrogens with one attached hydrogen (secondary N) is 2. The summed E-state index contributed by atoms with van der Waals surface area (Å²) in [5.41, 5.74) is 4.75. The maximum absolute atomic E-state index is 11.4. The molecule has 1 saturated heterocycles. The molecule has 6 nitrogen and oxygen atoms in total. The number of benzene rings is 1. The van der Waals surface area contributed by atoms with Crippen molar-refractivity contribution in [2.24, 2.45) is 5.92 Å². The molecule has 2 aromatic rings. The number of piperidine rings is 1. The van der Waals surface area contributed by atoms with E-state index in [0.717, 1.165) is 31.8 Å². The Kier molecular flexibility index (Phi) is 7.10. The normalized spacial score (nSPS) is 22.0. The van der Waals surface area contributed by atoms with Gasteiger partial charge in [-0.05, 0) is 93.5 Å². The fraction of sp³-hybridized carbons (Fsp3) is 0.500. The van der Waals surface area contributed by atoms with Crippen LogP contribution in [0.4, 0.5) is 0 Å². The van der Waals surface area contributed by atoms with Crippen molar-refractivity contribution in [3.8, 4) is 0 Å². The Balaban J connectivity index is 1.09. The number of likely N-dealkylation sites (tertiary alicyclic amines) is 1. The van der Waals surface area contributed by atoms with E-state index in [9.17, 15) is 4.79 Å². The molecule has 1 amide bonds. The number of hydrogen-bond acceptors (Lipinski definition) is 5. The minimum Gasteiger partial charge on any atom is -0.313 e. The van der Waals surface area contributed by atoms with Crippen molar-refractivity contribution in [2.45, 2.75) is 44.1 Å². The van der Waals surface area contributed by atoms with Crippen molar-refractivity contribution >= 4 is 5.91 Å². The van der Waals surface area contributed by atoms with Crippen LogP contribution < -0.4 is 10.8 Å². The van der Waals surface area contributed by atoms with Gasteiger partial charge in [-0.3, -0.25) is 15.0 Å². The molecule has 2 fully saturated rings. The number of aromatic nitrogens is 1. The van der Waals surface area contributed by atoms with E-state index < -0.39 is 5.91 Å². The van der Waals surface area contributed by atoms with Crippen molar-refractivity contribution in [1.82, 2.24) is 20.7 Å². The zero-order valence-electron chi connectivity index (χ0n) is 17.5. The molecule has 1 saturated carbocycles. The van der Waals surface area contributed by atoms with Gasteiger partial charge in [0, 0.05) is 29.9 Å². The van der Waals surface area contributed by atoms with Crippen LogP contribution in [-0.2, 0) is 6.42 Å². The molecule has 2 aliphatic rings. The number of aryl methyl sites for hydroxylation is 1. The highest BCUT2D eigenvalue weighted by Gasteiger charge is 2.38. The quantitative estimate of drug-likeness (QED) is 0.439. The summed E-state index contributed by atoms with van der Waals surface area (Å²) >= 11 is 0. The summed E-state index contributed by atoms with van der Waals surface area (Å²) in [5, 5.41) is 12.5. The highest BCUT2D eigenvalue weighted by atomic mass is 16.5. The molecule has 2 atom stereocenters. The Bertz CT molecular complexity index is 804. The lowest BCUT2D eigenvalue weighted by Gasteiger charge is -2.32. The van der Waals surface area contributed by atoms with E-state index in [1.165, 1.54) is 43.5 Å². The molecule has 3 N–H and O–H groups in total. The smallest absolute Gasteiger partial charge is 0.274 e. The van der Waals surface area contributed by atoms with Crippen LogP contribution >= 0.6 is 0 Å². The molecule has 1 aliphatic carbocycles. The number of hydroxylamine groups is 1. The van der Waals surface area contributed by atoms with E-state index >= 15 is 0 Å². The van der Waals surface area contributed by atoms with Crippen LogP contribution in [0.3, 0.4) is 0 Å². The van der Waals surface area contributed by atoms with Crippen molar-refractivity contribution < 1.29 is 10.0 Å². The highest BCUT2D eigenvalue weighted by molar-refractivity contribution is 5.93. The average Bonchev–Trinajstić information content (AvgIpc) is 3.59. The van der Waals surface area contributed by atoms with E-state index in [4.69, 9.17) is 5.21 Å². The van der Waals surface area contributed by atoms with Gasteiger partial charge in [-0.25, -0.2) is 5.48 Å². The molecule has 160 valence electrons. The van der Waals surface area contributed by atoms with Gasteiger partial charge in [-0.1, -0.05) is 18.2 Å². The number of hydrogen-bond donors (Lipinski definition) is 3. The maximum Gasteiger partial charge on any atom is 0.274 e. The third-order valence-corrected chi connectivity index (χ3v) is 6.54. The van der Waals surface area contributed by atoms with Crippen LogP contribution in [0.25, 0.3) is 0 Å². The van der Waals surface area contributed by atoms with Gasteiger partial charge in [0.25, 0.3) is 5.91 Å². The highest BCUT2D eigenvalue weighted by Crippen LogP contribution is 2.40. The second kappa shape index (κ2) is 10.2. The summed E-state index contributed by atoms with van der Waals surface area (Å²) in [6, 6.07) is 12.3. The van der Waals surface area contributed by atoms with Crippen LogP contribution in [0.2, 0.25) is 0 Å². The molecule has 4 rings (SSSR count). The number of pyridine rings is 1. The SMILES string of the molecule is O=C(NO)c1ccc(CCCN2CCC(CNC3CC3c3cccnc3)CC2)cc1. The van der Waals surface area contributed by atoms with Crippen LogP contribution in [0.1, 0.15) is 53.1 Å². The number of amides is 1. The van der Waals surface area contributed by atoms with Crippen molar-refractivity contribution in [2.75, 3.05) is 26.2 Å². The summed E-state index contributed by atoms with van der Waals surface area (Å²) in [6.45, 7) is 4.66. The van der Waals surface area contributed by atoms with Gasteiger partial charge in [-0.2, -0.15) is 0 Å². The molecular weight excluding hydrogens is 376 g/mol. The second-order valence-electron chi connectivity index (χ2n) is 8.67. The molecule has 30 heavy (non-hydrogen) atoms.